The first-order valence-electron chi connectivity index (χ1n) is 7.48. The van der Waals surface area contributed by atoms with Crippen LogP contribution in [0.5, 0.6) is 0 Å². The summed E-state index contributed by atoms with van der Waals surface area (Å²) in [5.41, 5.74) is 0.833. The molecular weight excluding hydrogens is 275 g/mol. The normalized spacial score (nSPS) is 19.0. The molecule has 2 rings (SSSR count). The van der Waals surface area contributed by atoms with Crippen molar-refractivity contribution in [3.8, 4) is 0 Å². The van der Waals surface area contributed by atoms with Gasteiger partial charge in [-0.3, -0.25) is 0 Å². The maximum atomic E-state index is 13.2. The molecule has 0 bridgehead atoms. The van der Waals surface area contributed by atoms with E-state index in [0.29, 0.717) is 0 Å². The fourth-order valence-electron chi connectivity index (χ4n) is 2.83. The molecule has 0 amide bonds. The summed E-state index contributed by atoms with van der Waals surface area (Å²) >= 11 is 0. The summed E-state index contributed by atoms with van der Waals surface area (Å²) in [5.74, 6) is 0.240. The van der Waals surface area contributed by atoms with Crippen LogP contribution in [0, 0.1) is 0 Å². The van der Waals surface area contributed by atoms with Crippen molar-refractivity contribution in [2.75, 3.05) is 20.1 Å². The van der Waals surface area contributed by atoms with E-state index in [-0.39, 0.29) is 11.3 Å². The Labute approximate surface area is 125 Å². The average Bonchev–Trinajstić information content (AvgIpc) is 2.37. The number of rotatable bonds is 1. The third kappa shape index (κ3) is 4.00. The molecule has 1 aliphatic heterocycles. The summed E-state index contributed by atoms with van der Waals surface area (Å²) in [6.07, 6.45) is -2.41. The van der Waals surface area contributed by atoms with E-state index in [1.807, 2.05) is 26.8 Å². The lowest BCUT2D eigenvalue weighted by Gasteiger charge is -2.31. The first kappa shape index (κ1) is 16.3. The second kappa shape index (κ2) is 5.64. The largest absolute Gasteiger partial charge is 0.416 e. The van der Waals surface area contributed by atoms with Gasteiger partial charge in [-0.1, -0.05) is 26.8 Å². The van der Waals surface area contributed by atoms with Gasteiger partial charge in [0.15, 0.2) is 0 Å². The van der Waals surface area contributed by atoms with Crippen LogP contribution in [0.1, 0.15) is 56.2 Å². The van der Waals surface area contributed by atoms with E-state index in [1.54, 1.807) is 0 Å². The molecule has 0 aliphatic carbocycles. The van der Waals surface area contributed by atoms with Gasteiger partial charge in [0.05, 0.1) is 5.56 Å². The predicted molar refractivity (Wildman–Crippen MR) is 79.6 cm³/mol. The molecule has 0 spiro atoms. The van der Waals surface area contributed by atoms with Gasteiger partial charge in [-0.15, -0.1) is 0 Å². The Morgan fingerprint density at radius 1 is 0.952 bits per heavy atom. The zero-order valence-corrected chi connectivity index (χ0v) is 13.2. The first-order chi connectivity index (χ1) is 9.57. The molecule has 1 fully saturated rings. The minimum absolute atomic E-state index is 0.240. The standard InChI is InChI=1S/C17H24F3N/c1-16(2,3)14-9-13(10-15(11-14)17(18,19)20)12-5-7-21(4)8-6-12/h9-12H,5-8H2,1-4H3. The molecule has 0 aromatic heterocycles. The highest BCUT2D eigenvalue weighted by molar-refractivity contribution is 5.37. The van der Waals surface area contributed by atoms with E-state index in [1.165, 1.54) is 12.1 Å². The maximum Gasteiger partial charge on any atom is 0.416 e. The van der Waals surface area contributed by atoms with E-state index in [2.05, 4.69) is 11.9 Å². The van der Waals surface area contributed by atoms with Crippen molar-refractivity contribution >= 4 is 0 Å². The summed E-state index contributed by atoms with van der Waals surface area (Å²) in [6.45, 7) is 7.78. The van der Waals surface area contributed by atoms with Gasteiger partial charge in [0.1, 0.15) is 0 Å². The Balaban J connectivity index is 2.41. The van der Waals surface area contributed by atoms with Gasteiger partial charge >= 0.3 is 6.18 Å². The quantitative estimate of drug-likeness (QED) is 0.719. The van der Waals surface area contributed by atoms with Crippen molar-refractivity contribution in [1.82, 2.24) is 4.90 Å². The lowest BCUT2D eigenvalue weighted by molar-refractivity contribution is -0.137. The van der Waals surface area contributed by atoms with Gasteiger partial charge in [-0.25, -0.2) is 0 Å². The molecule has 0 unspecified atom stereocenters. The van der Waals surface area contributed by atoms with Crippen LogP contribution in [0.15, 0.2) is 18.2 Å². The highest BCUT2D eigenvalue weighted by Crippen LogP contribution is 2.37. The monoisotopic (exact) mass is 299 g/mol. The van der Waals surface area contributed by atoms with E-state index in [0.717, 1.165) is 37.1 Å². The Hall–Kier alpha value is -1.03. The van der Waals surface area contributed by atoms with Crippen LogP contribution in [0.4, 0.5) is 13.2 Å². The van der Waals surface area contributed by atoms with Gasteiger partial charge in [0, 0.05) is 0 Å². The second-order valence-electron chi connectivity index (χ2n) is 7.17. The van der Waals surface area contributed by atoms with Crippen molar-refractivity contribution in [3.63, 3.8) is 0 Å². The van der Waals surface area contributed by atoms with Crippen LogP contribution in [0.25, 0.3) is 0 Å². The molecule has 0 atom stereocenters. The number of benzene rings is 1. The van der Waals surface area contributed by atoms with Crippen LogP contribution in [0.2, 0.25) is 0 Å². The summed E-state index contributed by atoms with van der Waals surface area (Å²) in [4.78, 5) is 2.23. The molecule has 0 radical (unpaired) electrons. The van der Waals surface area contributed by atoms with Gasteiger partial charge in [-0.05, 0) is 67.6 Å². The van der Waals surface area contributed by atoms with Gasteiger partial charge < -0.3 is 4.90 Å². The number of alkyl halides is 3. The van der Waals surface area contributed by atoms with E-state index >= 15 is 0 Å². The topological polar surface area (TPSA) is 3.24 Å². The van der Waals surface area contributed by atoms with Crippen LogP contribution >= 0.6 is 0 Å². The minimum atomic E-state index is -4.28. The average molecular weight is 299 g/mol. The van der Waals surface area contributed by atoms with Crippen LogP contribution in [-0.2, 0) is 11.6 Å². The number of hydrogen-bond acceptors (Lipinski definition) is 1. The molecule has 1 nitrogen and oxygen atoms in total. The molecule has 1 aromatic rings. The van der Waals surface area contributed by atoms with Crippen molar-refractivity contribution in [2.24, 2.45) is 0 Å². The molecule has 21 heavy (non-hydrogen) atoms. The number of nitrogens with zero attached hydrogens (tertiary/aromatic N) is 1. The summed E-state index contributed by atoms with van der Waals surface area (Å²) < 4.78 is 39.5. The molecule has 1 aliphatic rings. The Bertz CT molecular complexity index is 459. The van der Waals surface area contributed by atoms with Crippen molar-refractivity contribution in [3.05, 3.63) is 34.9 Å². The lowest BCUT2D eigenvalue weighted by Crippen LogP contribution is -2.29. The van der Waals surface area contributed by atoms with Crippen molar-refractivity contribution < 1.29 is 13.2 Å². The Morgan fingerprint density at radius 3 is 1.95 bits per heavy atom. The van der Waals surface area contributed by atoms with Gasteiger partial charge in [-0.2, -0.15) is 13.2 Å². The van der Waals surface area contributed by atoms with E-state index in [9.17, 15) is 13.2 Å². The number of halogens is 3. The lowest BCUT2D eigenvalue weighted by atomic mass is 9.81. The van der Waals surface area contributed by atoms with Crippen molar-refractivity contribution in [1.29, 1.82) is 0 Å². The fourth-order valence-corrected chi connectivity index (χ4v) is 2.83. The number of hydrogen-bond donors (Lipinski definition) is 0. The molecule has 0 N–H and O–H groups in total. The zero-order chi connectivity index (χ0) is 15.8. The molecule has 0 saturated carbocycles. The Kier molecular flexibility index (Phi) is 4.39. The fraction of sp³-hybridized carbons (Fsp3) is 0.647. The summed E-state index contributed by atoms with van der Waals surface area (Å²) in [7, 11) is 2.06. The molecule has 1 aromatic carbocycles. The van der Waals surface area contributed by atoms with E-state index < -0.39 is 11.7 Å². The SMILES string of the molecule is CN1CCC(c2cc(C(C)(C)C)cc(C(F)(F)F)c2)CC1. The third-order valence-electron chi connectivity index (χ3n) is 4.34. The summed E-state index contributed by atoms with van der Waals surface area (Å²) in [6, 6.07) is 4.63. The second-order valence-corrected chi connectivity index (χ2v) is 7.17. The highest BCUT2D eigenvalue weighted by atomic mass is 19.4. The Morgan fingerprint density at radius 2 is 1.48 bits per heavy atom. The maximum absolute atomic E-state index is 13.2. The van der Waals surface area contributed by atoms with Crippen LogP contribution in [0.3, 0.4) is 0 Å². The number of piperidine rings is 1. The molecule has 1 saturated heterocycles. The molecule has 118 valence electrons. The summed E-state index contributed by atoms with van der Waals surface area (Å²) in [5, 5.41) is 0. The minimum Gasteiger partial charge on any atom is -0.306 e. The molecule has 1 heterocycles. The predicted octanol–water partition coefficient (Wildman–Crippen LogP) is 4.81. The van der Waals surface area contributed by atoms with Crippen LogP contribution < -0.4 is 0 Å². The van der Waals surface area contributed by atoms with Gasteiger partial charge in [0.2, 0.25) is 0 Å². The van der Waals surface area contributed by atoms with Crippen molar-refractivity contribution in [2.45, 2.75) is 51.1 Å². The smallest absolute Gasteiger partial charge is 0.306 e. The van der Waals surface area contributed by atoms with Crippen LogP contribution in [-0.4, -0.2) is 25.0 Å². The molecule has 4 heteroatoms. The zero-order valence-electron chi connectivity index (χ0n) is 13.2. The highest BCUT2D eigenvalue weighted by Gasteiger charge is 2.33. The molecular formula is C17H24F3N. The number of likely N-dealkylation sites (tertiary alicyclic amines) is 1. The first-order valence-corrected chi connectivity index (χ1v) is 7.48. The van der Waals surface area contributed by atoms with E-state index in [4.69, 9.17) is 0 Å². The van der Waals surface area contributed by atoms with Gasteiger partial charge in [0.25, 0.3) is 0 Å². The third-order valence-corrected chi connectivity index (χ3v) is 4.34.